The van der Waals surface area contributed by atoms with Gasteiger partial charge in [-0.1, -0.05) is 18.7 Å². The zero-order chi connectivity index (χ0) is 16.8. The van der Waals surface area contributed by atoms with Crippen LogP contribution in [-0.4, -0.2) is 47.4 Å². The molecule has 2 amide bonds. The quantitative estimate of drug-likeness (QED) is 0.461. The van der Waals surface area contributed by atoms with Gasteiger partial charge in [0.05, 0.1) is 29.9 Å². The first-order valence-corrected chi connectivity index (χ1v) is 6.97. The van der Waals surface area contributed by atoms with Crippen molar-refractivity contribution >= 4 is 23.8 Å². The van der Waals surface area contributed by atoms with Gasteiger partial charge < -0.3 is 9.47 Å². The normalized spacial score (nSPS) is 22.6. The largest absolute Gasteiger partial charge is 0.463 e. The molecule has 23 heavy (non-hydrogen) atoms. The van der Waals surface area contributed by atoms with Crippen molar-refractivity contribution in [1.82, 2.24) is 4.90 Å². The molecule has 0 bridgehead atoms. The second kappa shape index (κ2) is 5.05. The van der Waals surface area contributed by atoms with E-state index in [1.54, 1.807) is 19.1 Å². The number of fused-ring (bicyclic) bond motifs is 1. The summed E-state index contributed by atoms with van der Waals surface area (Å²) in [6.07, 6.45) is 0. The number of rotatable bonds is 4. The van der Waals surface area contributed by atoms with E-state index in [0.29, 0.717) is 0 Å². The van der Waals surface area contributed by atoms with Crippen molar-refractivity contribution < 1.29 is 28.7 Å². The number of cyclic esters (lactones) is 1. The minimum absolute atomic E-state index is 0.0630. The summed E-state index contributed by atoms with van der Waals surface area (Å²) in [6, 6.07) is 6.32. The van der Waals surface area contributed by atoms with Crippen molar-refractivity contribution in [3.05, 3.63) is 47.5 Å². The van der Waals surface area contributed by atoms with Crippen LogP contribution in [0.15, 0.2) is 36.4 Å². The number of amides is 2. The number of hydrogen-bond donors (Lipinski definition) is 0. The summed E-state index contributed by atoms with van der Waals surface area (Å²) in [7, 11) is 0. The van der Waals surface area contributed by atoms with Gasteiger partial charge in [-0.2, -0.15) is 0 Å². The Hall–Kier alpha value is -2.96. The topological polar surface area (TPSA) is 90.0 Å². The van der Waals surface area contributed by atoms with E-state index < -0.39 is 35.9 Å². The van der Waals surface area contributed by atoms with Crippen molar-refractivity contribution in [2.45, 2.75) is 12.5 Å². The Kier molecular flexibility index (Phi) is 3.28. The fourth-order valence-corrected chi connectivity index (χ4v) is 2.61. The third kappa shape index (κ3) is 1.97. The van der Waals surface area contributed by atoms with Crippen LogP contribution in [0.4, 0.5) is 0 Å². The van der Waals surface area contributed by atoms with Crippen LogP contribution < -0.4 is 0 Å². The number of carbonyl (C=O) groups excluding carboxylic acids is 4. The summed E-state index contributed by atoms with van der Waals surface area (Å²) in [5.41, 5.74) is -1.46. The molecule has 7 nitrogen and oxygen atoms in total. The van der Waals surface area contributed by atoms with E-state index in [2.05, 4.69) is 6.58 Å². The van der Waals surface area contributed by atoms with Gasteiger partial charge in [0, 0.05) is 0 Å². The van der Waals surface area contributed by atoms with Crippen molar-refractivity contribution in [1.29, 1.82) is 0 Å². The summed E-state index contributed by atoms with van der Waals surface area (Å²) < 4.78 is 9.85. The molecule has 7 heteroatoms. The maximum absolute atomic E-state index is 12.4. The SMILES string of the molecule is C=C1C(=O)OC1(CN1C(=O)c2ccccc2C1=O)C(=O)OCC. The zero-order valence-electron chi connectivity index (χ0n) is 12.3. The molecule has 1 aromatic carbocycles. The van der Waals surface area contributed by atoms with E-state index in [-0.39, 0.29) is 23.3 Å². The number of imide groups is 1. The summed E-state index contributed by atoms with van der Waals surface area (Å²) in [6.45, 7) is 4.73. The number of esters is 2. The van der Waals surface area contributed by atoms with Crippen LogP contribution in [0.1, 0.15) is 27.6 Å². The molecule has 3 rings (SSSR count). The smallest absolute Gasteiger partial charge is 0.357 e. The van der Waals surface area contributed by atoms with E-state index in [1.807, 2.05) is 0 Å². The standard InChI is InChI=1S/C16H13NO6/c1-3-22-15(21)16(9(2)14(20)23-16)8-17-12(18)10-6-4-5-7-11(10)13(17)19/h4-7H,2-3,8H2,1H3. The van der Waals surface area contributed by atoms with E-state index in [0.717, 1.165) is 4.90 Å². The molecule has 2 heterocycles. The number of carbonyl (C=O) groups is 4. The number of ether oxygens (including phenoxy) is 2. The van der Waals surface area contributed by atoms with E-state index >= 15 is 0 Å². The van der Waals surface area contributed by atoms with Gasteiger partial charge >= 0.3 is 11.9 Å². The minimum atomic E-state index is -1.82. The van der Waals surface area contributed by atoms with Crippen molar-refractivity contribution in [2.75, 3.05) is 13.2 Å². The first kappa shape index (κ1) is 15.0. The molecule has 118 valence electrons. The maximum Gasteiger partial charge on any atom is 0.357 e. The van der Waals surface area contributed by atoms with Crippen LogP contribution in [0, 0.1) is 0 Å². The first-order valence-electron chi connectivity index (χ1n) is 6.97. The van der Waals surface area contributed by atoms with Crippen molar-refractivity contribution in [3.8, 4) is 0 Å². The van der Waals surface area contributed by atoms with Gasteiger partial charge in [0.1, 0.15) is 0 Å². The summed E-state index contributed by atoms with van der Waals surface area (Å²) in [5, 5.41) is 0. The molecule has 0 saturated carbocycles. The van der Waals surface area contributed by atoms with Crippen LogP contribution in [0.5, 0.6) is 0 Å². The van der Waals surface area contributed by atoms with Gasteiger partial charge in [-0.05, 0) is 19.1 Å². The van der Waals surface area contributed by atoms with Crippen molar-refractivity contribution in [2.24, 2.45) is 0 Å². The highest BCUT2D eigenvalue weighted by Gasteiger charge is 2.60. The zero-order valence-corrected chi connectivity index (χ0v) is 12.3. The minimum Gasteiger partial charge on any atom is -0.463 e. The lowest BCUT2D eigenvalue weighted by Gasteiger charge is -2.41. The molecule has 0 radical (unpaired) electrons. The Bertz CT molecular complexity index is 733. The second-order valence-electron chi connectivity index (χ2n) is 5.16. The molecular weight excluding hydrogens is 302 g/mol. The Morgan fingerprint density at radius 3 is 2.22 bits per heavy atom. The molecule has 2 aliphatic rings. The van der Waals surface area contributed by atoms with Gasteiger partial charge in [0.15, 0.2) is 0 Å². The molecule has 0 aromatic heterocycles. The molecule has 0 spiro atoms. The lowest BCUT2D eigenvalue weighted by atomic mass is 9.88. The fraction of sp³-hybridized carbons (Fsp3) is 0.250. The van der Waals surface area contributed by atoms with E-state index in [1.165, 1.54) is 12.1 Å². The molecule has 1 saturated heterocycles. The summed E-state index contributed by atoms with van der Waals surface area (Å²) >= 11 is 0. The third-order valence-electron chi connectivity index (χ3n) is 3.86. The highest BCUT2D eigenvalue weighted by atomic mass is 16.6. The number of hydrogen-bond acceptors (Lipinski definition) is 6. The van der Waals surface area contributed by atoms with Crippen LogP contribution >= 0.6 is 0 Å². The Labute approximate surface area is 131 Å². The number of nitrogens with zero attached hydrogens (tertiary/aromatic N) is 1. The number of benzene rings is 1. The Balaban J connectivity index is 1.93. The van der Waals surface area contributed by atoms with E-state index in [4.69, 9.17) is 9.47 Å². The third-order valence-corrected chi connectivity index (χ3v) is 3.86. The van der Waals surface area contributed by atoms with Gasteiger partial charge in [0.2, 0.25) is 0 Å². The van der Waals surface area contributed by atoms with Gasteiger partial charge in [-0.3, -0.25) is 14.5 Å². The van der Waals surface area contributed by atoms with Crippen LogP contribution in [0.25, 0.3) is 0 Å². The first-order chi connectivity index (χ1) is 10.9. The molecular formula is C16H13NO6. The second-order valence-corrected chi connectivity index (χ2v) is 5.16. The Morgan fingerprint density at radius 2 is 1.78 bits per heavy atom. The average molecular weight is 315 g/mol. The molecule has 1 aromatic rings. The molecule has 2 aliphatic heterocycles. The predicted molar refractivity (Wildman–Crippen MR) is 76.4 cm³/mol. The monoisotopic (exact) mass is 315 g/mol. The molecule has 0 aliphatic carbocycles. The van der Waals surface area contributed by atoms with Crippen LogP contribution in [-0.2, 0) is 19.1 Å². The van der Waals surface area contributed by atoms with E-state index in [9.17, 15) is 19.2 Å². The van der Waals surface area contributed by atoms with Crippen LogP contribution in [0.2, 0.25) is 0 Å². The predicted octanol–water partition coefficient (Wildman–Crippen LogP) is 0.697. The average Bonchev–Trinajstić information content (AvgIpc) is 2.79. The maximum atomic E-state index is 12.4. The highest BCUT2D eigenvalue weighted by Crippen LogP contribution is 2.37. The molecule has 1 fully saturated rings. The lowest BCUT2D eigenvalue weighted by molar-refractivity contribution is -0.192. The van der Waals surface area contributed by atoms with Gasteiger partial charge in [-0.25, -0.2) is 9.59 Å². The molecule has 0 N–H and O–H groups in total. The van der Waals surface area contributed by atoms with Gasteiger partial charge in [-0.15, -0.1) is 0 Å². The van der Waals surface area contributed by atoms with Crippen molar-refractivity contribution in [3.63, 3.8) is 0 Å². The Morgan fingerprint density at radius 1 is 1.22 bits per heavy atom. The highest BCUT2D eigenvalue weighted by molar-refractivity contribution is 6.22. The fourth-order valence-electron chi connectivity index (χ4n) is 2.61. The van der Waals surface area contributed by atoms with Gasteiger partial charge in [0.25, 0.3) is 17.4 Å². The summed E-state index contributed by atoms with van der Waals surface area (Å²) in [5.74, 6) is -2.70. The van der Waals surface area contributed by atoms with Crippen LogP contribution in [0.3, 0.4) is 0 Å². The molecule has 1 unspecified atom stereocenters. The molecule has 1 atom stereocenters. The summed E-state index contributed by atoms with van der Waals surface area (Å²) in [4.78, 5) is 49.2. The lowest BCUT2D eigenvalue weighted by Crippen LogP contribution is -2.63.